The number of hydrogen-bond donors (Lipinski definition) is 1. The van der Waals surface area contributed by atoms with Gasteiger partial charge in [-0.1, -0.05) is 66.2 Å². The van der Waals surface area contributed by atoms with Gasteiger partial charge in [0.25, 0.3) is 0 Å². The number of anilines is 2. The van der Waals surface area contributed by atoms with Gasteiger partial charge in [-0.15, -0.1) is 0 Å². The summed E-state index contributed by atoms with van der Waals surface area (Å²) in [5, 5.41) is 5.97. The maximum atomic E-state index is 3.47. The van der Waals surface area contributed by atoms with Crippen molar-refractivity contribution in [2.75, 3.05) is 5.32 Å². The van der Waals surface area contributed by atoms with Gasteiger partial charge in [-0.05, 0) is 59.2 Å². The lowest BCUT2D eigenvalue weighted by Gasteiger charge is -2.09. The van der Waals surface area contributed by atoms with Crippen molar-refractivity contribution in [3.8, 4) is 11.1 Å². The largest absolute Gasteiger partial charge is 0.356 e. The minimum atomic E-state index is 1.11. The van der Waals surface area contributed by atoms with E-state index < -0.39 is 0 Å². The molecule has 116 valence electrons. The molecule has 0 aliphatic heterocycles. The second kappa shape index (κ2) is 6.21. The molecule has 4 aromatic carbocycles. The maximum Gasteiger partial charge on any atom is 0.0390 e. The molecule has 0 aliphatic rings. The second-order valence-corrected chi connectivity index (χ2v) is 6.13. The van der Waals surface area contributed by atoms with Gasteiger partial charge in [-0.3, -0.25) is 0 Å². The van der Waals surface area contributed by atoms with Crippen LogP contribution in [0.1, 0.15) is 5.56 Å². The summed E-state index contributed by atoms with van der Waals surface area (Å²) in [5.41, 5.74) is 6.00. The Morgan fingerprint density at radius 2 is 1.21 bits per heavy atom. The molecular formula is C23H19N. The van der Waals surface area contributed by atoms with Gasteiger partial charge >= 0.3 is 0 Å². The summed E-state index contributed by atoms with van der Waals surface area (Å²) >= 11 is 0. The Hall–Kier alpha value is -3.06. The van der Waals surface area contributed by atoms with Crippen molar-refractivity contribution in [2.24, 2.45) is 0 Å². The molecular weight excluding hydrogens is 290 g/mol. The predicted molar refractivity (Wildman–Crippen MR) is 104 cm³/mol. The van der Waals surface area contributed by atoms with E-state index >= 15 is 0 Å². The third-order valence-corrected chi connectivity index (χ3v) is 4.29. The zero-order chi connectivity index (χ0) is 16.4. The van der Waals surface area contributed by atoms with Crippen molar-refractivity contribution in [2.45, 2.75) is 6.92 Å². The van der Waals surface area contributed by atoms with Crippen molar-refractivity contribution in [3.63, 3.8) is 0 Å². The zero-order valence-corrected chi connectivity index (χ0v) is 13.7. The van der Waals surface area contributed by atoms with Gasteiger partial charge in [0.05, 0.1) is 0 Å². The minimum absolute atomic E-state index is 1.11. The molecule has 24 heavy (non-hydrogen) atoms. The summed E-state index contributed by atoms with van der Waals surface area (Å²) in [6.45, 7) is 2.10. The van der Waals surface area contributed by atoms with Gasteiger partial charge in [0.1, 0.15) is 0 Å². The average Bonchev–Trinajstić information content (AvgIpc) is 2.64. The molecule has 0 amide bonds. The van der Waals surface area contributed by atoms with Crippen LogP contribution in [0.2, 0.25) is 0 Å². The summed E-state index contributed by atoms with van der Waals surface area (Å²) in [5.74, 6) is 0. The second-order valence-electron chi connectivity index (χ2n) is 6.13. The van der Waals surface area contributed by atoms with Gasteiger partial charge in [0.15, 0.2) is 0 Å². The number of hydrogen-bond acceptors (Lipinski definition) is 1. The molecule has 0 saturated heterocycles. The molecule has 0 heterocycles. The fourth-order valence-corrected chi connectivity index (χ4v) is 2.94. The Kier molecular flexibility index (Phi) is 3.76. The number of benzene rings is 4. The lowest BCUT2D eigenvalue weighted by atomic mass is 10.0. The molecule has 0 atom stereocenters. The quantitative estimate of drug-likeness (QED) is 0.452. The van der Waals surface area contributed by atoms with Gasteiger partial charge in [0, 0.05) is 11.4 Å². The van der Waals surface area contributed by atoms with Gasteiger partial charge < -0.3 is 5.32 Å². The van der Waals surface area contributed by atoms with Crippen LogP contribution in [-0.4, -0.2) is 0 Å². The molecule has 0 aromatic heterocycles. The van der Waals surface area contributed by atoms with Crippen LogP contribution in [0.5, 0.6) is 0 Å². The Balaban J connectivity index is 1.65. The highest BCUT2D eigenvalue weighted by Crippen LogP contribution is 2.27. The molecule has 0 spiro atoms. The van der Waals surface area contributed by atoms with E-state index in [9.17, 15) is 0 Å². The summed E-state index contributed by atoms with van der Waals surface area (Å²) in [6, 6.07) is 32.1. The van der Waals surface area contributed by atoms with Crippen LogP contribution in [0.4, 0.5) is 11.4 Å². The van der Waals surface area contributed by atoms with E-state index in [1.54, 1.807) is 0 Å². The molecule has 0 bridgehead atoms. The molecule has 0 saturated carbocycles. The highest BCUT2D eigenvalue weighted by atomic mass is 14.9. The van der Waals surface area contributed by atoms with Gasteiger partial charge in [-0.2, -0.15) is 0 Å². The Labute approximate surface area is 142 Å². The number of fused-ring (bicyclic) bond motifs is 1. The first kappa shape index (κ1) is 14.5. The Morgan fingerprint density at radius 3 is 2.00 bits per heavy atom. The predicted octanol–water partition coefficient (Wildman–Crippen LogP) is 6.56. The van der Waals surface area contributed by atoms with Crippen LogP contribution >= 0.6 is 0 Å². The molecule has 0 radical (unpaired) electrons. The fraction of sp³-hybridized carbons (Fsp3) is 0.0435. The first-order valence-electron chi connectivity index (χ1n) is 8.21. The van der Waals surface area contributed by atoms with E-state index in [4.69, 9.17) is 0 Å². The average molecular weight is 309 g/mol. The summed E-state index contributed by atoms with van der Waals surface area (Å²) in [4.78, 5) is 0. The Bertz CT molecular complexity index is 970. The smallest absolute Gasteiger partial charge is 0.0390 e. The molecule has 4 aromatic rings. The molecule has 1 nitrogen and oxygen atoms in total. The monoisotopic (exact) mass is 309 g/mol. The first-order valence-corrected chi connectivity index (χ1v) is 8.21. The van der Waals surface area contributed by atoms with E-state index in [0.717, 1.165) is 11.4 Å². The minimum Gasteiger partial charge on any atom is -0.356 e. The topological polar surface area (TPSA) is 12.0 Å². The number of nitrogens with one attached hydrogen (secondary N) is 1. The van der Waals surface area contributed by atoms with E-state index in [1.807, 2.05) is 6.07 Å². The third-order valence-electron chi connectivity index (χ3n) is 4.29. The molecule has 1 heteroatoms. The van der Waals surface area contributed by atoms with E-state index in [2.05, 4.69) is 97.2 Å². The van der Waals surface area contributed by atoms with Crippen LogP contribution in [0.15, 0.2) is 91.0 Å². The fourth-order valence-electron chi connectivity index (χ4n) is 2.94. The molecule has 4 rings (SSSR count). The van der Waals surface area contributed by atoms with Crippen molar-refractivity contribution in [1.29, 1.82) is 0 Å². The summed E-state index contributed by atoms with van der Waals surface area (Å²) in [7, 11) is 0. The summed E-state index contributed by atoms with van der Waals surface area (Å²) in [6.07, 6.45) is 0. The molecule has 0 unspecified atom stereocenters. The summed E-state index contributed by atoms with van der Waals surface area (Å²) < 4.78 is 0. The van der Waals surface area contributed by atoms with Crippen molar-refractivity contribution in [3.05, 3.63) is 96.6 Å². The van der Waals surface area contributed by atoms with Crippen molar-refractivity contribution in [1.82, 2.24) is 0 Å². The zero-order valence-electron chi connectivity index (χ0n) is 13.7. The highest BCUT2D eigenvalue weighted by molar-refractivity contribution is 5.90. The van der Waals surface area contributed by atoms with Crippen LogP contribution in [0.25, 0.3) is 21.9 Å². The van der Waals surface area contributed by atoms with Gasteiger partial charge in [-0.25, -0.2) is 0 Å². The SMILES string of the molecule is Cc1ccc(Nc2ccc3cc(-c4ccccc4)ccc3c2)cc1. The standard InChI is InChI=1S/C23H19N/c1-17-7-12-22(13-8-17)24-23-14-11-20-15-19(9-10-21(20)16-23)18-5-3-2-4-6-18/h2-16,24H,1H3. The molecule has 1 N–H and O–H groups in total. The highest BCUT2D eigenvalue weighted by Gasteiger charge is 2.01. The first-order chi connectivity index (χ1) is 11.8. The molecule has 0 aliphatic carbocycles. The van der Waals surface area contributed by atoms with Crippen molar-refractivity contribution < 1.29 is 0 Å². The number of rotatable bonds is 3. The van der Waals surface area contributed by atoms with E-state index in [-0.39, 0.29) is 0 Å². The van der Waals surface area contributed by atoms with Crippen LogP contribution in [-0.2, 0) is 0 Å². The third kappa shape index (κ3) is 3.02. The molecule has 0 fully saturated rings. The lowest BCUT2D eigenvalue weighted by Crippen LogP contribution is -1.90. The Morgan fingerprint density at radius 1 is 0.542 bits per heavy atom. The van der Waals surface area contributed by atoms with E-state index in [1.165, 1.54) is 27.5 Å². The normalized spacial score (nSPS) is 10.7. The van der Waals surface area contributed by atoms with Crippen LogP contribution < -0.4 is 5.32 Å². The number of aryl methyl sites for hydroxylation is 1. The van der Waals surface area contributed by atoms with Crippen LogP contribution in [0, 0.1) is 6.92 Å². The van der Waals surface area contributed by atoms with Gasteiger partial charge in [0.2, 0.25) is 0 Å². The lowest BCUT2D eigenvalue weighted by molar-refractivity contribution is 1.46. The van der Waals surface area contributed by atoms with Crippen LogP contribution in [0.3, 0.4) is 0 Å². The maximum absolute atomic E-state index is 3.47. The van der Waals surface area contributed by atoms with Crippen molar-refractivity contribution >= 4 is 22.1 Å². The van der Waals surface area contributed by atoms with E-state index in [0.29, 0.717) is 0 Å².